The first-order chi connectivity index (χ1) is 8.15. The summed E-state index contributed by atoms with van der Waals surface area (Å²) in [7, 11) is -3.55. The Morgan fingerprint density at radius 3 is 2.59 bits per heavy atom. The number of halogens is 1. The average molecular weight is 273 g/mol. The van der Waals surface area contributed by atoms with Crippen molar-refractivity contribution in [2.75, 3.05) is 11.6 Å². The first kappa shape index (κ1) is 12.0. The highest BCUT2D eigenvalue weighted by Crippen LogP contribution is 2.12. The first-order valence-electron chi connectivity index (χ1n) is 4.77. The Labute approximate surface area is 103 Å². The van der Waals surface area contributed by atoms with Crippen LogP contribution in [0.25, 0.3) is 5.69 Å². The van der Waals surface area contributed by atoms with Gasteiger partial charge >= 0.3 is 0 Å². The van der Waals surface area contributed by atoms with Crippen LogP contribution in [0.5, 0.6) is 0 Å². The summed E-state index contributed by atoms with van der Waals surface area (Å²) in [6, 6.07) is 8.80. The van der Waals surface area contributed by atoms with Gasteiger partial charge in [-0.25, -0.2) is 8.42 Å². The number of sulfone groups is 1. The molecule has 0 saturated carbocycles. The SMILES string of the molecule is O=S(=O)(CCCl)c1nnnn1-c1ccccc1. The van der Waals surface area contributed by atoms with Gasteiger partial charge in [-0.2, -0.15) is 4.68 Å². The van der Waals surface area contributed by atoms with Crippen molar-refractivity contribution < 1.29 is 8.42 Å². The topological polar surface area (TPSA) is 77.7 Å². The maximum Gasteiger partial charge on any atom is 0.272 e. The molecule has 90 valence electrons. The van der Waals surface area contributed by atoms with Crippen molar-refractivity contribution in [3.05, 3.63) is 30.3 Å². The van der Waals surface area contributed by atoms with Crippen LogP contribution in [0, 0.1) is 0 Å². The van der Waals surface area contributed by atoms with E-state index in [2.05, 4.69) is 15.5 Å². The smallest absolute Gasteiger partial charge is 0.220 e. The molecule has 1 aromatic carbocycles. The van der Waals surface area contributed by atoms with Crippen LogP contribution in [-0.4, -0.2) is 40.3 Å². The summed E-state index contributed by atoms with van der Waals surface area (Å²) in [5.41, 5.74) is 0.589. The zero-order valence-corrected chi connectivity index (χ0v) is 10.3. The lowest BCUT2D eigenvalue weighted by atomic mass is 10.3. The van der Waals surface area contributed by atoms with E-state index in [1.165, 1.54) is 4.68 Å². The van der Waals surface area contributed by atoms with Gasteiger partial charge in [0.2, 0.25) is 9.84 Å². The zero-order chi connectivity index (χ0) is 12.3. The molecule has 8 heteroatoms. The molecule has 0 aliphatic heterocycles. The molecule has 0 aliphatic carbocycles. The van der Waals surface area contributed by atoms with Crippen molar-refractivity contribution in [3.8, 4) is 5.69 Å². The molecule has 0 radical (unpaired) electrons. The van der Waals surface area contributed by atoms with Gasteiger partial charge in [-0.1, -0.05) is 23.3 Å². The van der Waals surface area contributed by atoms with E-state index in [9.17, 15) is 8.42 Å². The molecule has 0 aliphatic rings. The van der Waals surface area contributed by atoms with Crippen LogP contribution in [-0.2, 0) is 9.84 Å². The van der Waals surface area contributed by atoms with Gasteiger partial charge in [-0.3, -0.25) is 0 Å². The number of tetrazole rings is 1. The molecule has 17 heavy (non-hydrogen) atoms. The molecule has 0 bridgehead atoms. The van der Waals surface area contributed by atoms with Crippen LogP contribution in [0.4, 0.5) is 0 Å². The minimum atomic E-state index is -3.55. The molecule has 0 atom stereocenters. The summed E-state index contributed by atoms with van der Waals surface area (Å²) in [4.78, 5) is 0. The van der Waals surface area contributed by atoms with Crippen LogP contribution < -0.4 is 0 Å². The predicted octanol–water partition coefficient (Wildman–Crippen LogP) is 0.675. The van der Waals surface area contributed by atoms with Gasteiger partial charge in [-0.15, -0.1) is 11.6 Å². The molecule has 0 spiro atoms. The van der Waals surface area contributed by atoms with Gasteiger partial charge in [0.25, 0.3) is 5.16 Å². The summed E-state index contributed by atoms with van der Waals surface area (Å²) in [5.74, 6) is -0.189. The molecule has 0 N–H and O–H groups in total. The molecule has 0 saturated heterocycles. The van der Waals surface area contributed by atoms with E-state index < -0.39 is 9.84 Å². The van der Waals surface area contributed by atoms with Crippen molar-refractivity contribution in [2.45, 2.75) is 5.16 Å². The number of hydrogen-bond donors (Lipinski definition) is 0. The molecule has 2 aromatic rings. The Hall–Kier alpha value is -1.47. The largest absolute Gasteiger partial charge is 0.272 e. The maximum atomic E-state index is 11.8. The summed E-state index contributed by atoms with van der Waals surface area (Å²) in [6.45, 7) is 0. The molecular weight excluding hydrogens is 264 g/mol. The summed E-state index contributed by atoms with van der Waals surface area (Å²) in [5, 5.41) is 10.4. The fourth-order valence-electron chi connectivity index (χ4n) is 1.30. The van der Waals surface area contributed by atoms with E-state index in [4.69, 9.17) is 11.6 Å². The molecular formula is C9H9ClN4O2S. The van der Waals surface area contributed by atoms with Gasteiger partial charge in [0.15, 0.2) is 0 Å². The number of nitrogens with zero attached hydrogens (tertiary/aromatic N) is 4. The highest BCUT2D eigenvalue weighted by atomic mass is 35.5. The number of rotatable bonds is 4. The number of hydrogen-bond acceptors (Lipinski definition) is 5. The highest BCUT2D eigenvalue weighted by molar-refractivity contribution is 7.91. The van der Waals surface area contributed by atoms with Crippen LogP contribution in [0.1, 0.15) is 0 Å². The lowest BCUT2D eigenvalue weighted by molar-refractivity contribution is 0.582. The first-order valence-corrected chi connectivity index (χ1v) is 6.96. The third-order valence-corrected chi connectivity index (χ3v) is 4.03. The van der Waals surface area contributed by atoms with E-state index in [1.807, 2.05) is 6.07 Å². The van der Waals surface area contributed by atoms with Crippen molar-refractivity contribution in [2.24, 2.45) is 0 Å². The predicted molar refractivity (Wildman–Crippen MR) is 61.9 cm³/mol. The van der Waals surface area contributed by atoms with Crippen molar-refractivity contribution in [1.82, 2.24) is 20.2 Å². The van der Waals surface area contributed by atoms with E-state index in [0.717, 1.165) is 0 Å². The van der Waals surface area contributed by atoms with Gasteiger partial charge in [0.05, 0.1) is 11.4 Å². The van der Waals surface area contributed by atoms with Crippen molar-refractivity contribution in [1.29, 1.82) is 0 Å². The molecule has 0 fully saturated rings. The molecule has 0 unspecified atom stereocenters. The normalized spacial score (nSPS) is 11.6. The van der Waals surface area contributed by atoms with Crippen LogP contribution in [0.15, 0.2) is 35.5 Å². The fraction of sp³-hybridized carbons (Fsp3) is 0.222. The van der Waals surface area contributed by atoms with Crippen molar-refractivity contribution in [3.63, 3.8) is 0 Å². The second-order valence-electron chi connectivity index (χ2n) is 3.22. The number of aromatic nitrogens is 4. The third kappa shape index (κ3) is 2.45. The molecule has 0 amide bonds. The zero-order valence-electron chi connectivity index (χ0n) is 8.69. The van der Waals surface area contributed by atoms with Crippen LogP contribution in [0.3, 0.4) is 0 Å². The Kier molecular flexibility index (Phi) is 3.39. The minimum absolute atomic E-state index is 0.00395. The Bertz CT molecular complexity index is 596. The fourth-order valence-corrected chi connectivity index (χ4v) is 2.86. The standard InChI is InChI=1S/C9H9ClN4O2S/c10-6-7-17(15,16)9-11-12-13-14(9)8-4-2-1-3-5-8/h1-5H,6-7H2. The summed E-state index contributed by atoms with van der Waals surface area (Å²) in [6.07, 6.45) is 0. The third-order valence-electron chi connectivity index (χ3n) is 2.07. The maximum absolute atomic E-state index is 11.8. The summed E-state index contributed by atoms with van der Waals surface area (Å²) >= 11 is 5.44. The lowest BCUT2D eigenvalue weighted by Crippen LogP contribution is -2.14. The second-order valence-corrected chi connectivity index (χ2v) is 5.60. The Morgan fingerprint density at radius 2 is 1.94 bits per heavy atom. The minimum Gasteiger partial charge on any atom is -0.220 e. The molecule has 6 nitrogen and oxygen atoms in total. The Balaban J connectivity index is 2.50. The number of benzene rings is 1. The number of alkyl halides is 1. The van der Waals surface area contributed by atoms with Gasteiger partial charge in [-0.05, 0) is 22.6 Å². The molecule has 1 heterocycles. The van der Waals surface area contributed by atoms with Gasteiger partial charge < -0.3 is 0 Å². The second kappa shape index (κ2) is 4.80. The van der Waals surface area contributed by atoms with Crippen LogP contribution >= 0.6 is 11.6 Å². The van der Waals surface area contributed by atoms with Crippen LogP contribution in [0.2, 0.25) is 0 Å². The number of para-hydroxylation sites is 1. The average Bonchev–Trinajstić information content (AvgIpc) is 2.79. The summed E-state index contributed by atoms with van der Waals surface area (Å²) < 4.78 is 24.9. The monoisotopic (exact) mass is 272 g/mol. The Morgan fingerprint density at radius 1 is 1.24 bits per heavy atom. The lowest BCUT2D eigenvalue weighted by Gasteiger charge is -2.03. The van der Waals surface area contributed by atoms with E-state index in [-0.39, 0.29) is 16.8 Å². The van der Waals surface area contributed by atoms with E-state index >= 15 is 0 Å². The molecule has 2 rings (SSSR count). The van der Waals surface area contributed by atoms with Crippen molar-refractivity contribution >= 4 is 21.4 Å². The van der Waals surface area contributed by atoms with E-state index in [1.54, 1.807) is 24.3 Å². The molecule has 1 aromatic heterocycles. The highest BCUT2D eigenvalue weighted by Gasteiger charge is 2.22. The quantitative estimate of drug-likeness (QED) is 0.765. The van der Waals surface area contributed by atoms with Gasteiger partial charge in [0.1, 0.15) is 0 Å². The van der Waals surface area contributed by atoms with Gasteiger partial charge in [0, 0.05) is 5.88 Å². The van der Waals surface area contributed by atoms with E-state index in [0.29, 0.717) is 5.69 Å².